The van der Waals surface area contributed by atoms with Gasteiger partial charge in [0.1, 0.15) is 5.75 Å². The summed E-state index contributed by atoms with van der Waals surface area (Å²) in [5.74, 6) is -0.124. The van der Waals surface area contributed by atoms with Crippen LogP contribution in [0.4, 0.5) is 0 Å². The Labute approximate surface area is 129 Å². The Balaban J connectivity index is 1.83. The quantitative estimate of drug-likeness (QED) is 0.716. The summed E-state index contributed by atoms with van der Waals surface area (Å²) < 4.78 is 0. The van der Waals surface area contributed by atoms with Crippen molar-refractivity contribution in [3.63, 3.8) is 0 Å². The van der Waals surface area contributed by atoms with Gasteiger partial charge in [0.15, 0.2) is 0 Å². The first-order chi connectivity index (χ1) is 10.7. The molecule has 4 heteroatoms. The van der Waals surface area contributed by atoms with Gasteiger partial charge in [-0.25, -0.2) is 0 Å². The predicted molar refractivity (Wildman–Crippen MR) is 86.2 cm³/mol. The number of aliphatic hydroxyl groups excluding tert-OH is 1. The van der Waals surface area contributed by atoms with Crippen molar-refractivity contribution >= 4 is 12.0 Å². The minimum Gasteiger partial charge on any atom is -0.508 e. The molecule has 114 valence electrons. The standard InChI is InChI=1S/C18H19NO3/c20-13-16-12-15(6-8-17(16)21)7-9-18(22)19-11-10-14-4-2-1-3-5-14/h1-9,12,20-21H,10-11,13H2,(H,19,22)/b9-7+. The lowest BCUT2D eigenvalue weighted by Gasteiger charge is -2.03. The molecule has 0 aromatic heterocycles. The normalized spacial score (nSPS) is 10.8. The Kier molecular flexibility index (Phi) is 5.74. The van der Waals surface area contributed by atoms with E-state index >= 15 is 0 Å². The second-order valence-electron chi connectivity index (χ2n) is 4.91. The van der Waals surface area contributed by atoms with Crippen LogP contribution in [0.2, 0.25) is 0 Å². The number of carbonyl (C=O) groups excluding carboxylic acids is 1. The smallest absolute Gasteiger partial charge is 0.244 e. The van der Waals surface area contributed by atoms with Crippen molar-refractivity contribution in [2.75, 3.05) is 6.54 Å². The number of hydrogen-bond donors (Lipinski definition) is 3. The highest BCUT2D eigenvalue weighted by atomic mass is 16.3. The Morgan fingerprint density at radius 3 is 2.64 bits per heavy atom. The van der Waals surface area contributed by atoms with Gasteiger partial charge in [-0.15, -0.1) is 0 Å². The number of hydrogen-bond acceptors (Lipinski definition) is 3. The molecule has 0 heterocycles. The SMILES string of the molecule is O=C(/C=C/c1ccc(O)c(CO)c1)NCCc1ccccc1. The third kappa shape index (κ3) is 4.75. The van der Waals surface area contributed by atoms with Crippen LogP contribution in [-0.4, -0.2) is 22.7 Å². The van der Waals surface area contributed by atoms with E-state index in [9.17, 15) is 9.90 Å². The molecule has 4 nitrogen and oxygen atoms in total. The first-order valence-electron chi connectivity index (χ1n) is 7.11. The van der Waals surface area contributed by atoms with Crippen LogP contribution in [0.3, 0.4) is 0 Å². The number of amides is 1. The van der Waals surface area contributed by atoms with Crippen LogP contribution in [0, 0.1) is 0 Å². The van der Waals surface area contributed by atoms with Crippen LogP contribution in [-0.2, 0) is 17.8 Å². The largest absolute Gasteiger partial charge is 0.508 e. The fourth-order valence-electron chi connectivity index (χ4n) is 2.04. The van der Waals surface area contributed by atoms with E-state index in [1.165, 1.54) is 17.7 Å². The zero-order valence-electron chi connectivity index (χ0n) is 12.2. The van der Waals surface area contributed by atoms with E-state index in [2.05, 4.69) is 5.32 Å². The number of nitrogens with one attached hydrogen (secondary N) is 1. The maximum Gasteiger partial charge on any atom is 0.244 e. The van der Waals surface area contributed by atoms with Crippen LogP contribution in [0.1, 0.15) is 16.7 Å². The summed E-state index contributed by atoms with van der Waals surface area (Å²) in [5.41, 5.74) is 2.37. The maximum absolute atomic E-state index is 11.7. The zero-order chi connectivity index (χ0) is 15.8. The molecule has 3 N–H and O–H groups in total. The van der Waals surface area contributed by atoms with E-state index in [0.29, 0.717) is 12.1 Å². The van der Waals surface area contributed by atoms with Crippen LogP contribution < -0.4 is 5.32 Å². The van der Waals surface area contributed by atoms with E-state index in [1.54, 1.807) is 18.2 Å². The molecule has 1 amide bonds. The highest BCUT2D eigenvalue weighted by Gasteiger charge is 2.00. The first kappa shape index (κ1) is 15.8. The number of aromatic hydroxyl groups is 1. The lowest BCUT2D eigenvalue weighted by molar-refractivity contribution is -0.116. The van der Waals surface area contributed by atoms with Gasteiger partial charge in [0.05, 0.1) is 6.61 Å². The molecule has 0 saturated carbocycles. The van der Waals surface area contributed by atoms with Crippen molar-refractivity contribution < 1.29 is 15.0 Å². The molecule has 0 bridgehead atoms. The summed E-state index contributed by atoms with van der Waals surface area (Å²) in [6.07, 6.45) is 3.88. The van der Waals surface area contributed by atoms with Crippen molar-refractivity contribution in [1.82, 2.24) is 5.32 Å². The number of aliphatic hydroxyl groups is 1. The number of rotatable bonds is 6. The molecule has 2 aromatic rings. The summed E-state index contributed by atoms with van der Waals surface area (Å²) >= 11 is 0. The fraction of sp³-hybridized carbons (Fsp3) is 0.167. The van der Waals surface area contributed by atoms with Crippen molar-refractivity contribution in [3.8, 4) is 5.75 Å². The van der Waals surface area contributed by atoms with Gasteiger partial charge in [0.2, 0.25) is 5.91 Å². The Morgan fingerprint density at radius 1 is 1.14 bits per heavy atom. The fourth-order valence-corrected chi connectivity index (χ4v) is 2.04. The van der Waals surface area contributed by atoms with Crippen molar-refractivity contribution in [1.29, 1.82) is 0 Å². The van der Waals surface area contributed by atoms with Crippen molar-refractivity contribution in [2.24, 2.45) is 0 Å². The highest BCUT2D eigenvalue weighted by Crippen LogP contribution is 2.18. The van der Waals surface area contributed by atoms with Gasteiger partial charge in [-0.2, -0.15) is 0 Å². The Morgan fingerprint density at radius 2 is 1.91 bits per heavy atom. The number of carbonyl (C=O) groups is 1. The molecule has 0 saturated heterocycles. The first-order valence-corrected chi connectivity index (χ1v) is 7.11. The van der Waals surface area contributed by atoms with E-state index in [4.69, 9.17) is 5.11 Å². The molecule has 0 atom stereocenters. The molecule has 0 unspecified atom stereocenters. The van der Waals surface area contributed by atoms with Crippen molar-refractivity contribution in [3.05, 3.63) is 71.3 Å². The van der Waals surface area contributed by atoms with Gasteiger partial charge in [-0.3, -0.25) is 4.79 Å². The monoisotopic (exact) mass is 297 g/mol. The van der Waals surface area contributed by atoms with Gasteiger partial charge in [0, 0.05) is 18.2 Å². The third-order valence-electron chi connectivity index (χ3n) is 3.26. The summed E-state index contributed by atoms with van der Waals surface area (Å²) in [6, 6.07) is 14.8. The lowest BCUT2D eigenvalue weighted by Crippen LogP contribution is -2.23. The molecular formula is C18H19NO3. The molecule has 0 spiro atoms. The van der Waals surface area contributed by atoms with E-state index < -0.39 is 0 Å². The Bertz CT molecular complexity index is 651. The minimum atomic E-state index is -0.239. The molecule has 0 radical (unpaired) electrons. The second-order valence-corrected chi connectivity index (χ2v) is 4.91. The van der Waals surface area contributed by atoms with Crippen LogP contribution >= 0.6 is 0 Å². The summed E-state index contributed by atoms with van der Waals surface area (Å²) in [4.78, 5) is 11.7. The molecule has 0 aliphatic rings. The molecule has 0 aliphatic carbocycles. The second kappa shape index (κ2) is 8.00. The molecule has 0 aliphatic heterocycles. The van der Waals surface area contributed by atoms with Crippen LogP contribution in [0.25, 0.3) is 6.08 Å². The van der Waals surface area contributed by atoms with Crippen LogP contribution in [0.15, 0.2) is 54.6 Å². The molecule has 0 fully saturated rings. The number of benzene rings is 2. The topological polar surface area (TPSA) is 69.6 Å². The van der Waals surface area contributed by atoms with Gasteiger partial charge >= 0.3 is 0 Å². The lowest BCUT2D eigenvalue weighted by atomic mass is 10.1. The molecular weight excluding hydrogens is 278 g/mol. The van der Waals surface area contributed by atoms with Crippen molar-refractivity contribution in [2.45, 2.75) is 13.0 Å². The van der Waals surface area contributed by atoms with E-state index in [-0.39, 0.29) is 18.3 Å². The number of phenols is 1. The summed E-state index contributed by atoms with van der Waals surface area (Å²) in [5, 5.41) is 21.4. The Hall–Kier alpha value is -2.59. The molecule has 22 heavy (non-hydrogen) atoms. The summed E-state index contributed by atoms with van der Waals surface area (Å²) in [6.45, 7) is 0.335. The average Bonchev–Trinajstić information content (AvgIpc) is 2.55. The third-order valence-corrected chi connectivity index (χ3v) is 3.26. The van der Waals surface area contributed by atoms with Crippen LogP contribution in [0.5, 0.6) is 5.75 Å². The highest BCUT2D eigenvalue weighted by molar-refractivity contribution is 5.91. The molecule has 2 aromatic carbocycles. The van der Waals surface area contributed by atoms with Gasteiger partial charge in [-0.1, -0.05) is 36.4 Å². The maximum atomic E-state index is 11.7. The van der Waals surface area contributed by atoms with E-state index in [0.717, 1.165) is 12.0 Å². The molecule has 2 rings (SSSR count). The predicted octanol–water partition coefficient (Wildman–Crippen LogP) is 2.26. The summed E-state index contributed by atoms with van der Waals surface area (Å²) in [7, 11) is 0. The van der Waals surface area contributed by atoms with Gasteiger partial charge < -0.3 is 15.5 Å². The van der Waals surface area contributed by atoms with E-state index in [1.807, 2.05) is 30.3 Å². The zero-order valence-corrected chi connectivity index (χ0v) is 12.2. The average molecular weight is 297 g/mol. The minimum absolute atomic E-state index is 0.0481. The van der Waals surface area contributed by atoms with Gasteiger partial charge in [0.25, 0.3) is 0 Å². The van der Waals surface area contributed by atoms with Gasteiger partial charge in [-0.05, 0) is 35.8 Å².